The highest BCUT2D eigenvalue weighted by Gasteiger charge is 2.37. The van der Waals surface area contributed by atoms with Crippen LogP contribution < -0.4 is 5.32 Å². The van der Waals surface area contributed by atoms with E-state index < -0.39 is 0 Å². The normalized spacial score (nSPS) is 24.8. The molecule has 1 aromatic heterocycles. The first kappa shape index (κ1) is 16.4. The van der Waals surface area contributed by atoms with E-state index in [2.05, 4.69) is 28.2 Å². The number of aromatic amines is 1. The van der Waals surface area contributed by atoms with E-state index in [0.717, 1.165) is 61.6 Å². The third-order valence-electron chi connectivity index (χ3n) is 5.50. The number of ether oxygens (including phenoxy) is 1. The van der Waals surface area contributed by atoms with Crippen LogP contribution in [0.25, 0.3) is 10.9 Å². The lowest BCUT2D eigenvalue weighted by atomic mass is 10.1. The number of aryl methyl sites for hydroxylation is 1. The number of hydrogen-bond donors (Lipinski definition) is 2. The fraction of sp³-hybridized carbons (Fsp3) is 0.526. The van der Waals surface area contributed by atoms with Gasteiger partial charge in [0.1, 0.15) is 0 Å². The first-order valence-electron chi connectivity index (χ1n) is 9.10. The molecule has 2 aliphatic rings. The Bertz CT molecular complexity index is 766. The van der Waals surface area contributed by atoms with Gasteiger partial charge in [0.05, 0.1) is 13.2 Å². The molecule has 2 aromatic rings. The van der Waals surface area contributed by atoms with E-state index in [0.29, 0.717) is 6.04 Å². The number of likely N-dealkylation sites (tertiary alicyclic amines) is 1. The van der Waals surface area contributed by atoms with Crippen LogP contribution in [0.2, 0.25) is 0 Å². The number of fused-ring (bicyclic) bond motifs is 1. The van der Waals surface area contributed by atoms with Crippen LogP contribution >= 0.6 is 0 Å². The van der Waals surface area contributed by atoms with Crippen molar-refractivity contribution < 1.29 is 9.53 Å². The summed E-state index contributed by atoms with van der Waals surface area (Å²) in [4.78, 5) is 20.5. The largest absolute Gasteiger partial charge is 0.379 e. The molecule has 2 fully saturated rings. The van der Waals surface area contributed by atoms with Crippen LogP contribution in [-0.2, 0) is 4.74 Å². The van der Waals surface area contributed by atoms with Gasteiger partial charge in [0.15, 0.2) is 0 Å². The van der Waals surface area contributed by atoms with Gasteiger partial charge in [0.25, 0.3) is 0 Å². The van der Waals surface area contributed by atoms with Gasteiger partial charge < -0.3 is 19.9 Å². The monoisotopic (exact) mass is 342 g/mol. The second kappa shape index (κ2) is 6.69. The number of nitrogens with zero attached hydrogens (tertiary/aromatic N) is 2. The third kappa shape index (κ3) is 3.24. The van der Waals surface area contributed by atoms with Gasteiger partial charge in [-0.3, -0.25) is 4.90 Å². The van der Waals surface area contributed by atoms with Gasteiger partial charge in [0, 0.05) is 54.0 Å². The number of rotatable bonds is 2. The predicted octanol–water partition coefficient (Wildman–Crippen LogP) is 2.80. The Morgan fingerprint density at radius 3 is 2.84 bits per heavy atom. The summed E-state index contributed by atoms with van der Waals surface area (Å²) in [6, 6.07) is 8.74. The summed E-state index contributed by atoms with van der Waals surface area (Å²) >= 11 is 0. The minimum atomic E-state index is -0.00475. The van der Waals surface area contributed by atoms with Gasteiger partial charge in [-0.25, -0.2) is 4.79 Å². The average Bonchev–Trinajstić information content (AvgIpc) is 3.17. The van der Waals surface area contributed by atoms with Gasteiger partial charge in [-0.1, -0.05) is 0 Å². The SMILES string of the molecule is Cc1cc2cc(NC(=O)N3CC[C@@H](N4CCOCC4)[C@H]3C)ccc2[nH]1. The number of carbonyl (C=O) groups is 1. The number of benzene rings is 1. The summed E-state index contributed by atoms with van der Waals surface area (Å²) in [5.41, 5.74) is 3.07. The Kier molecular flexibility index (Phi) is 4.39. The number of nitrogens with one attached hydrogen (secondary N) is 2. The Labute approximate surface area is 148 Å². The van der Waals surface area contributed by atoms with Crippen molar-refractivity contribution in [2.75, 3.05) is 38.2 Å². The number of morpholine rings is 1. The molecule has 1 aromatic carbocycles. The van der Waals surface area contributed by atoms with Crippen LogP contribution in [0.15, 0.2) is 24.3 Å². The van der Waals surface area contributed by atoms with Gasteiger partial charge in [-0.2, -0.15) is 0 Å². The van der Waals surface area contributed by atoms with Gasteiger partial charge in [-0.05, 0) is 44.5 Å². The standard InChI is InChI=1S/C19H26N4O2/c1-13-11-15-12-16(3-4-17(15)20-13)21-19(24)23-6-5-18(14(23)2)22-7-9-25-10-8-22/h3-4,11-12,14,18,20H,5-10H2,1-2H3,(H,21,24)/t14-,18-/m1/s1. The molecular weight excluding hydrogens is 316 g/mol. The molecule has 2 aliphatic heterocycles. The molecule has 6 nitrogen and oxygen atoms in total. The molecule has 2 atom stereocenters. The van der Waals surface area contributed by atoms with E-state index in [1.807, 2.05) is 30.0 Å². The Morgan fingerprint density at radius 2 is 2.04 bits per heavy atom. The molecule has 4 rings (SSSR count). The maximum absolute atomic E-state index is 12.8. The molecule has 0 bridgehead atoms. The number of H-pyrrole nitrogens is 1. The van der Waals surface area contributed by atoms with Crippen molar-refractivity contribution >= 4 is 22.6 Å². The van der Waals surface area contributed by atoms with Crippen molar-refractivity contribution in [1.82, 2.24) is 14.8 Å². The topological polar surface area (TPSA) is 60.6 Å². The molecule has 3 heterocycles. The number of hydrogen-bond acceptors (Lipinski definition) is 3. The highest BCUT2D eigenvalue weighted by atomic mass is 16.5. The van der Waals surface area contributed by atoms with E-state index >= 15 is 0 Å². The lowest BCUT2D eigenvalue weighted by Gasteiger charge is -2.35. The molecule has 0 unspecified atom stereocenters. The summed E-state index contributed by atoms with van der Waals surface area (Å²) < 4.78 is 5.45. The van der Waals surface area contributed by atoms with E-state index in [9.17, 15) is 4.79 Å². The molecule has 0 saturated carbocycles. The maximum Gasteiger partial charge on any atom is 0.322 e. The zero-order valence-corrected chi connectivity index (χ0v) is 14.9. The van der Waals surface area contributed by atoms with Gasteiger partial charge >= 0.3 is 6.03 Å². The predicted molar refractivity (Wildman–Crippen MR) is 99.0 cm³/mol. The smallest absolute Gasteiger partial charge is 0.322 e. The van der Waals surface area contributed by atoms with Crippen molar-refractivity contribution in [1.29, 1.82) is 0 Å². The van der Waals surface area contributed by atoms with Crippen molar-refractivity contribution in [2.45, 2.75) is 32.4 Å². The number of aromatic nitrogens is 1. The van der Waals surface area contributed by atoms with Crippen molar-refractivity contribution in [3.8, 4) is 0 Å². The van der Waals surface area contributed by atoms with E-state index in [-0.39, 0.29) is 12.1 Å². The summed E-state index contributed by atoms with van der Waals surface area (Å²) in [6.45, 7) is 8.53. The minimum absolute atomic E-state index is 0.00475. The Morgan fingerprint density at radius 1 is 1.24 bits per heavy atom. The molecule has 2 amide bonds. The van der Waals surface area contributed by atoms with Crippen LogP contribution in [0.1, 0.15) is 19.0 Å². The molecule has 2 saturated heterocycles. The van der Waals surface area contributed by atoms with Crippen molar-refractivity contribution in [3.63, 3.8) is 0 Å². The molecule has 6 heteroatoms. The second-order valence-corrected chi connectivity index (χ2v) is 7.12. The Hall–Kier alpha value is -2.05. The number of carbonyl (C=O) groups excluding carboxylic acids is 1. The molecule has 0 spiro atoms. The molecule has 0 radical (unpaired) electrons. The van der Waals surface area contributed by atoms with Crippen molar-refractivity contribution in [2.24, 2.45) is 0 Å². The van der Waals surface area contributed by atoms with Gasteiger partial charge in [0.2, 0.25) is 0 Å². The third-order valence-corrected chi connectivity index (χ3v) is 5.50. The zero-order chi connectivity index (χ0) is 17.4. The van der Waals surface area contributed by atoms with Crippen LogP contribution in [0, 0.1) is 6.92 Å². The number of urea groups is 1. The molecule has 134 valence electrons. The van der Waals surface area contributed by atoms with Crippen LogP contribution in [0.5, 0.6) is 0 Å². The molecule has 25 heavy (non-hydrogen) atoms. The maximum atomic E-state index is 12.8. The summed E-state index contributed by atoms with van der Waals surface area (Å²) in [5.74, 6) is 0. The average molecular weight is 342 g/mol. The van der Waals surface area contributed by atoms with E-state index in [1.54, 1.807) is 0 Å². The van der Waals surface area contributed by atoms with Crippen molar-refractivity contribution in [3.05, 3.63) is 30.0 Å². The molecule has 2 N–H and O–H groups in total. The quantitative estimate of drug-likeness (QED) is 0.882. The summed E-state index contributed by atoms with van der Waals surface area (Å²) in [5, 5.41) is 4.19. The molecular formula is C19H26N4O2. The summed E-state index contributed by atoms with van der Waals surface area (Å²) in [6.07, 6.45) is 1.03. The minimum Gasteiger partial charge on any atom is -0.379 e. The number of anilines is 1. The second-order valence-electron chi connectivity index (χ2n) is 7.12. The fourth-order valence-corrected chi connectivity index (χ4v) is 4.16. The lowest BCUT2D eigenvalue weighted by molar-refractivity contribution is 0.0120. The Balaban J connectivity index is 1.43. The zero-order valence-electron chi connectivity index (χ0n) is 14.9. The van der Waals surface area contributed by atoms with Gasteiger partial charge in [-0.15, -0.1) is 0 Å². The number of amides is 2. The summed E-state index contributed by atoms with van der Waals surface area (Å²) in [7, 11) is 0. The van der Waals surface area contributed by atoms with Crippen LogP contribution in [0.3, 0.4) is 0 Å². The first-order chi connectivity index (χ1) is 12.1. The first-order valence-corrected chi connectivity index (χ1v) is 9.10. The lowest BCUT2D eigenvalue weighted by Crippen LogP contribution is -2.50. The molecule has 0 aliphatic carbocycles. The van der Waals surface area contributed by atoms with E-state index in [4.69, 9.17) is 4.74 Å². The van der Waals surface area contributed by atoms with E-state index in [1.165, 1.54) is 0 Å². The highest BCUT2D eigenvalue weighted by Crippen LogP contribution is 2.25. The highest BCUT2D eigenvalue weighted by molar-refractivity contribution is 5.93. The van der Waals surface area contributed by atoms with Crippen LogP contribution in [-0.4, -0.2) is 65.7 Å². The fourth-order valence-electron chi connectivity index (χ4n) is 4.16. The van der Waals surface area contributed by atoms with Crippen LogP contribution in [0.4, 0.5) is 10.5 Å².